The van der Waals surface area contributed by atoms with E-state index in [4.69, 9.17) is 16.0 Å². The fraction of sp³-hybridized carbons (Fsp3) is 0.185. The predicted molar refractivity (Wildman–Crippen MR) is 129 cm³/mol. The van der Waals surface area contributed by atoms with Crippen LogP contribution in [-0.2, 0) is 6.54 Å². The molecule has 0 radical (unpaired) electrons. The van der Waals surface area contributed by atoms with E-state index in [1.165, 1.54) is 6.42 Å². The molecule has 5 rings (SSSR count). The molecule has 0 bridgehead atoms. The Morgan fingerprint density at radius 3 is 2.65 bits per heavy atom. The third-order valence-electron chi connectivity index (χ3n) is 6.07. The van der Waals surface area contributed by atoms with E-state index in [1.807, 2.05) is 30.3 Å². The molecule has 1 aliphatic carbocycles. The molecule has 1 saturated carbocycles. The Labute approximate surface area is 202 Å². The summed E-state index contributed by atoms with van der Waals surface area (Å²) in [5.41, 5.74) is 3.99. The highest BCUT2D eigenvalue weighted by Crippen LogP contribution is 2.38. The van der Waals surface area contributed by atoms with Gasteiger partial charge in [0.25, 0.3) is 5.91 Å². The number of nitrogens with zero attached hydrogens (tertiary/aromatic N) is 3. The minimum absolute atomic E-state index is 0.252. The van der Waals surface area contributed by atoms with Crippen LogP contribution in [0.5, 0.6) is 0 Å². The molecular weight excluding hydrogens is 448 g/mol. The van der Waals surface area contributed by atoms with Gasteiger partial charge < -0.3 is 9.73 Å². The van der Waals surface area contributed by atoms with Crippen molar-refractivity contribution in [2.24, 2.45) is 0 Å². The minimum atomic E-state index is -0.252. The van der Waals surface area contributed by atoms with Crippen LogP contribution in [0.15, 0.2) is 71.4 Å². The van der Waals surface area contributed by atoms with Crippen molar-refractivity contribution in [2.45, 2.75) is 31.7 Å². The smallest absolute Gasteiger partial charge is 0.251 e. The number of hydrogen-bond donors (Lipinski definition) is 1. The van der Waals surface area contributed by atoms with E-state index in [1.54, 1.807) is 36.7 Å². The van der Waals surface area contributed by atoms with Gasteiger partial charge in [-0.15, -0.1) is 0 Å². The van der Waals surface area contributed by atoms with E-state index in [0.717, 1.165) is 35.3 Å². The molecule has 0 spiro atoms. The monoisotopic (exact) mass is 468 g/mol. The topological polar surface area (TPSA) is 91.8 Å². The fourth-order valence-corrected chi connectivity index (χ4v) is 4.08. The Hall–Kier alpha value is -3.95. The molecule has 0 atom stereocenters. The van der Waals surface area contributed by atoms with Gasteiger partial charge >= 0.3 is 0 Å². The SMILES string of the molecule is N#Cc1ccccc1-c1cc(C(=O)NCc2ccc(Cl)nc2)cc(-c2ncc(C3CCC3)o2)c1. The number of pyridine rings is 1. The molecule has 4 aromatic rings. The van der Waals surface area contributed by atoms with E-state index in [0.29, 0.717) is 40.2 Å². The second-order valence-electron chi connectivity index (χ2n) is 8.32. The molecule has 2 aromatic heterocycles. The number of carbonyl (C=O) groups excluding carboxylic acids is 1. The number of rotatable bonds is 6. The molecule has 0 unspecified atom stereocenters. The van der Waals surface area contributed by atoms with Crippen LogP contribution >= 0.6 is 11.6 Å². The lowest BCUT2D eigenvalue weighted by molar-refractivity contribution is 0.0951. The molecule has 168 valence electrons. The molecule has 34 heavy (non-hydrogen) atoms. The first-order chi connectivity index (χ1) is 16.6. The average Bonchev–Trinajstić information content (AvgIpc) is 3.31. The Morgan fingerprint density at radius 1 is 1.09 bits per heavy atom. The van der Waals surface area contributed by atoms with Crippen LogP contribution in [-0.4, -0.2) is 15.9 Å². The van der Waals surface area contributed by atoms with Crippen molar-refractivity contribution in [1.29, 1.82) is 5.26 Å². The molecule has 1 aliphatic rings. The van der Waals surface area contributed by atoms with Crippen LogP contribution < -0.4 is 5.32 Å². The van der Waals surface area contributed by atoms with E-state index >= 15 is 0 Å². The molecule has 0 aliphatic heterocycles. The number of hydrogen-bond acceptors (Lipinski definition) is 5. The largest absolute Gasteiger partial charge is 0.441 e. The highest BCUT2D eigenvalue weighted by Gasteiger charge is 2.24. The van der Waals surface area contributed by atoms with Gasteiger partial charge in [-0.1, -0.05) is 42.3 Å². The van der Waals surface area contributed by atoms with Crippen LogP contribution in [0.1, 0.15) is 52.4 Å². The first-order valence-corrected chi connectivity index (χ1v) is 11.5. The van der Waals surface area contributed by atoms with Gasteiger partial charge in [-0.3, -0.25) is 4.79 Å². The van der Waals surface area contributed by atoms with Crippen molar-refractivity contribution in [3.63, 3.8) is 0 Å². The Balaban J connectivity index is 1.50. The lowest BCUT2D eigenvalue weighted by Gasteiger charge is -2.22. The zero-order valence-corrected chi connectivity index (χ0v) is 19.0. The summed E-state index contributed by atoms with van der Waals surface area (Å²) in [5, 5.41) is 12.9. The predicted octanol–water partition coefficient (Wildman–Crippen LogP) is 6.13. The molecule has 2 aromatic carbocycles. The molecule has 6 nitrogen and oxygen atoms in total. The van der Waals surface area contributed by atoms with E-state index in [-0.39, 0.29) is 5.91 Å². The number of nitrogens with one attached hydrogen (secondary N) is 1. The van der Waals surface area contributed by atoms with Gasteiger partial charge in [0.1, 0.15) is 10.9 Å². The normalized spacial score (nSPS) is 13.2. The van der Waals surface area contributed by atoms with Gasteiger partial charge in [0.05, 0.1) is 17.8 Å². The fourth-order valence-electron chi connectivity index (χ4n) is 3.97. The second-order valence-corrected chi connectivity index (χ2v) is 8.71. The van der Waals surface area contributed by atoms with Crippen LogP contribution in [0.2, 0.25) is 5.15 Å². The van der Waals surface area contributed by atoms with Crippen molar-refractivity contribution in [2.75, 3.05) is 0 Å². The maximum Gasteiger partial charge on any atom is 0.251 e. The van der Waals surface area contributed by atoms with Gasteiger partial charge in [0.2, 0.25) is 5.89 Å². The number of oxazole rings is 1. The molecule has 0 saturated heterocycles. The molecule has 2 heterocycles. The van der Waals surface area contributed by atoms with Gasteiger partial charge in [-0.05, 0) is 59.9 Å². The average molecular weight is 469 g/mol. The maximum absolute atomic E-state index is 13.1. The van der Waals surface area contributed by atoms with E-state index < -0.39 is 0 Å². The molecule has 7 heteroatoms. The molecule has 1 amide bonds. The van der Waals surface area contributed by atoms with Gasteiger partial charge in [0, 0.05) is 29.8 Å². The first-order valence-electron chi connectivity index (χ1n) is 11.1. The second kappa shape index (κ2) is 9.50. The number of halogens is 1. The third-order valence-corrected chi connectivity index (χ3v) is 6.30. The van der Waals surface area contributed by atoms with E-state index in [2.05, 4.69) is 21.4 Å². The summed E-state index contributed by atoms with van der Waals surface area (Å²) >= 11 is 5.84. The van der Waals surface area contributed by atoms with Crippen LogP contribution in [0, 0.1) is 11.3 Å². The van der Waals surface area contributed by atoms with Crippen molar-refractivity contribution in [3.05, 3.63) is 94.6 Å². The van der Waals surface area contributed by atoms with Crippen LogP contribution in [0.4, 0.5) is 0 Å². The van der Waals surface area contributed by atoms with Gasteiger partial charge in [-0.25, -0.2) is 9.97 Å². The van der Waals surface area contributed by atoms with Crippen molar-refractivity contribution in [1.82, 2.24) is 15.3 Å². The Bertz CT molecular complexity index is 1380. The van der Waals surface area contributed by atoms with E-state index in [9.17, 15) is 10.1 Å². The third kappa shape index (κ3) is 4.57. The van der Waals surface area contributed by atoms with Crippen molar-refractivity contribution < 1.29 is 9.21 Å². The highest BCUT2D eigenvalue weighted by atomic mass is 35.5. The first kappa shape index (κ1) is 21.9. The number of nitriles is 1. The quantitative estimate of drug-likeness (QED) is 0.344. The lowest BCUT2D eigenvalue weighted by atomic mass is 9.84. The highest BCUT2D eigenvalue weighted by molar-refractivity contribution is 6.29. The van der Waals surface area contributed by atoms with Crippen LogP contribution in [0.3, 0.4) is 0 Å². The number of aromatic nitrogens is 2. The van der Waals surface area contributed by atoms with Crippen LogP contribution in [0.25, 0.3) is 22.6 Å². The summed E-state index contributed by atoms with van der Waals surface area (Å²) < 4.78 is 6.07. The molecule has 1 N–H and O–H groups in total. The van der Waals surface area contributed by atoms with Gasteiger partial charge in [-0.2, -0.15) is 5.26 Å². The minimum Gasteiger partial charge on any atom is -0.441 e. The maximum atomic E-state index is 13.1. The summed E-state index contributed by atoms with van der Waals surface area (Å²) in [7, 11) is 0. The van der Waals surface area contributed by atoms with Crippen molar-refractivity contribution in [3.8, 4) is 28.7 Å². The number of benzene rings is 2. The standard InChI is InChI=1S/C27H21ClN4O2/c28-25-9-8-17(14-30-25)15-31-26(33)21-10-20(23-7-2-1-4-19(23)13-29)11-22(12-21)27-32-16-24(34-27)18-5-3-6-18/h1-2,4,7-12,14,16,18H,3,5-6,15H2,(H,31,33). The summed E-state index contributed by atoms with van der Waals surface area (Å²) in [6, 6.07) is 18.5. The van der Waals surface area contributed by atoms with Crippen molar-refractivity contribution >= 4 is 17.5 Å². The summed E-state index contributed by atoms with van der Waals surface area (Å²) in [6.07, 6.45) is 6.83. The summed E-state index contributed by atoms with van der Waals surface area (Å²) in [6.45, 7) is 0.308. The Kier molecular flexibility index (Phi) is 6.11. The number of carbonyl (C=O) groups is 1. The summed E-state index contributed by atoms with van der Waals surface area (Å²) in [4.78, 5) is 21.6. The zero-order chi connectivity index (χ0) is 23.5. The lowest BCUT2D eigenvalue weighted by Crippen LogP contribution is -2.23. The number of amides is 1. The molecule has 1 fully saturated rings. The zero-order valence-electron chi connectivity index (χ0n) is 18.3. The summed E-state index contributed by atoms with van der Waals surface area (Å²) in [5.74, 6) is 1.51. The molecular formula is C27H21ClN4O2. The Morgan fingerprint density at radius 2 is 1.91 bits per heavy atom. The van der Waals surface area contributed by atoms with Gasteiger partial charge in [0.15, 0.2) is 0 Å².